The molecule has 0 spiro atoms. The third-order valence-corrected chi connectivity index (χ3v) is 0.491. The monoisotopic (exact) mass is 115 g/mol. The highest BCUT2D eigenvalue weighted by atomic mass is 16.4. The lowest BCUT2D eigenvalue weighted by molar-refractivity contribution is -0.133. The van der Waals surface area contributed by atoms with Crippen molar-refractivity contribution in [3.8, 4) is 0 Å². The van der Waals surface area contributed by atoms with Gasteiger partial charge in [0.25, 0.3) is 0 Å². The zero-order valence-corrected chi connectivity index (χ0v) is 4.05. The van der Waals surface area contributed by atoms with Crippen molar-refractivity contribution < 1.29 is 14.7 Å². The number of aliphatic carboxylic acids is 1. The fraction of sp³-hybridized carbons (Fsp3) is 0. The zero-order valence-electron chi connectivity index (χ0n) is 4.05. The molecule has 0 saturated heterocycles. The molecule has 0 aromatic rings. The lowest BCUT2D eigenvalue weighted by Crippen LogP contribution is -2.16. The first-order valence-electron chi connectivity index (χ1n) is 1.81. The van der Waals surface area contributed by atoms with Gasteiger partial charge in [-0.15, -0.1) is 0 Å². The maximum atomic E-state index is 9.77. The van der Waals surface area contributed by atoms with Crippen LogP contribution in [-0.4, -0.2) is 17.5 Å². The Bertz CT molecular complexity index is 129. The van der Waals surface area contributed by atoms with Crippen LogP contribution in [-0.2, 0) is 9.59 Å². The SMILES string of the molecule is C=C(NC=O)C(=O)O. The standard InChI is InChI=1S/C4H5NO3/c1-3(4(7)8)5-2-6/h2H,1H2,(H,5,6)(H,7,8). The van der Waals surface area contributed by atoms with Crippen LogP contribution in [0.5, 0.6) is 0 Å². The molecule has 0 aromatic heterocycles. The second-order valence-electron chi connectivity index (χ2n) is 1.05. The molecule has 0 atom stereocenters. The van der Waals surface area contributed by atoms with Crippen molar-refractivity contribution in [2.24, 2.45) is 0 Å². The molecule has 44 valence electrons. The van der Waals surface area contributed by atoms with Crippen LogP contribution in [0.25, 0.3) is 0 Å². The van der Waals surface area contributed by atoms with Crippen LogP contribution >= 0.6 is 0 Å². The van der Waals surface area contributed by atoms with Gasteiger partial charge < -0.3 is 10.4 Å². The van der Waals surface area contributed by atoms with E-state index >= 15 is 0 Å². The summed E-state index contributed by atoms with van der Waals surface area (Å²) >= 11 is 0. The summed E-state index contributed by atoms with van der Waals surface area (Å²) in [7, 11) is 0. The number of hydrogen-bond acceptors (Lipinski definition) is 2. The maximum Gasteiger partial charge on any atom is 0.351 e. The first-order chi connectivity index (χ1) is 3.68. The first-order valence-corrected chi connectivity index (χ1v) is 1.81. The Hall–Kier alpha value is -1.32. The molecule has 0 rings (SSSR count). The van der Waals surface area contributed by atoms with Gasteiger partial charge in [-0.2, -0.15) is 0 Å². The lowest BCUT2D eigenvalue weighted by atomic mass is 10.5. The summed E-state index contributed by atoms with van der Waals surface area (Å²) in [4.78, 5) is 19.3. The van der Waals surface area contributed by atoms with Gasteiger partial charge in [-0.05, 0) is 0 Å². The van der Waals surface area contributed by atoms with Gasteiger partial charge in [0.2, 0.25) is 6.41 Å². The van der Waals surface area contributed by atoms with Gasteiger partial charge in [-0.3, -0.25) is 4.79 Å². The second kappa shape index (κ2) is 2.79. The molecule has 0 saturated carbocycles. The summed E-state index contributed by atoms with van der Waals surface area (Å²) in [6.45, 7) is 3.00. The van der Waals surface area contributed by atoms with E-state index in [4.69, 9.17) is 5.11 Å². The van der Waals surface area contributed by atoms with Crippen molar-refractivity contribution in [3.63, 3.8) is 0 Å². The van der Waals surface area contributed by atoms with Crippen molar-refractivity contribution in [3.05, 3.63) is 12.3 Å². The maximum absolute atomic E-state index is 9.77. The van der Waals surface area contributed by atoms with Crippen LogP contribution in [0, 0.1) is 0 Å². The average molecular weight is 115 g/mol. The Morgan fingerprint density at radius 2 is 2.25 bits per heavy atom. The highest BCUT2D eigenvalue weighted by molar-refractivity contribution is 5.87. The van der Waals surface area contributed by atoms with E-state index in [0.29, 0.717) is 0 Å². The molecule has 8 heavy (non-hydrogen) atoms. The minimum atomic E-state index is -1.22. The molecule has 0 aliphatic heterocycles. The fourth-order valence-electron chi connectivity index (χ4n) is 0.133. The summed E-state index contributed by atoms with van der Waals surface area (Å²) in [6, 6.07) is 0. The summed E-state index contributed by atoms with van der Waals surface area (Å²) < 4.78 is 0. The van der Waals surface area contributed by atoms with Crippen LogP contribution in [0.1, 0.15) is 0 Å². The molecular formula is C4H5NO3. The number of carbonyl (C=O) groups excluding carboxylic acids is 1. The predicted molar refractivity (Wildman–Crippen MR) is 26.0 cm³/mol. The number of nitrogens with one attached hydrogen (secondary N) is 1. The first kappa shape index (κ1) is 6.68. The summed E-state index contributed by atoms with van der Waals surface area (Å²) in [5.74, 6) is -1.22. The smallest absolute Gasteiger partial charge is 0.351 e. The number of hydrogen-bond donors (Lipinski definition) is 2. The van der Waals surface area contributed by atoms with Crippen LogP contribution in [0.2, 0.25) is 0 Å². The highest BCUT2D eigenvalue weighted by Crippen LogP contribution is 1.77. The fourth-order valence-corrected chi connectivity index (χ4v) is 0.133. The molecule has 0 aliphatic rings. The van der Waals surface area contributed by atoms with Crippen molar-refractivity contribution in [2.45, 2.75) is 0 Å². The minimum Gasteiger partial charge on any atom is -0.477 e. The van der Waals surface area contributed by atoms with Gasteiger partial charge in [-0.25, -0.2) is 4.79 Å². The van der Waals surface area contributed by atoms with E-state index in [2.05, 4.69) is 6.58 Å². The van der Waals surface area contributed by atoms with Gasteiger partial charge in [0, 0.05) is 0 Å². The number of carboxylic acid groups (broad SMARTS) is 1. The highest BCUT2D eigenvalue weighted by Gasteiger charge is 1.98. The van der Waals surface area contributed by atoms with E-state index < -0.39 is 5.97 Å². The normalized spacial score (nSPS) is 7.50. The largest absolute Gasteiger partial charge is 0.477 e. The number of carboxylic acids is 1. The van der Waals surface area contributed by atoms with Crippen molar-refractivity contribution >= 4 is 12.4 Å². The molecular weight excluding hydrogens is 110 g/mol. The predicted octanol–water partition coefficient (Wildman–Crippen LogP) is -0.669. The topological polar surface area (TPSA) is 66.4 Å². The van der Waals surface area contributed by atoms with Crippen LogP contribution in [0.3, 0.4) is 0 Å². The Kier molecular flexibility index (Phi) is 2.33. The quantitative estimate of drug-likeness (QED) is 0.378. The van der Waals surface area contributed by atoms with Crippen molar-refractivity contribution in [2.75, 3.05) is 0 Å². The minimum absolute atomic E-state index is 0.260. The molecule has 0 fully saturated rings. The van der Waals surface area contributed by atoms with E-state index in [1.165, 1.54) is 0 Å². The van der Waals surface area contributed by atoms with E-state index in [-0.39, 0.29) is 12.1 Å². The molecule has 0 unspecified atom stereocenters. The van der Waals surface area contributed by atoms with Crippen molar-refractivity contribution in [1.29, 1.82) is 0 Å². The average Bonchev–Trinajstić information content (AvgIpc) is 1.67. The Morgan fingerprint density at radius 1 is 1.75 bits per heavy atom. The molecule has 0 bridgehead atoms. The number of amides is 1. The van der Waals surface area contributed by atoms with E-state index in [1.54, 1.807) is 0 Å². The third-order valence-electron chi connectivity index (χ3n) is 0.491. The van der Waals surface area contributed by atoms with Gasteiger partial charge in [-0.1, -0.05) is 6.58 Å². The van der Waals surface area contributed by atoms with Gasteiger partial charge in [0.1, 0.15) is 5.70 Å². The molecule has 2 N–H and O–H groups in total. The molecule has 4 heteroatoms. The summed E-state index contributed by atoms with van der Waals surface area (Å²) in [5.41, 5.74) is -0.319. The lowest BCUT2D eigenvalue weighted by Gasteiger charge is -1.91. The molecule has 4 nitrogen and oxygen atoms in total. The molecule has 0 aromatic carbocycles. The van der Waals surface area contributed by atoms with E-state index in [0.717, 1.165) is 0 Å². The Morgan fingerprint density at radius 3 is 2.38 bits per heavy atom. The molecule has 1 amide bonds. The zero-order chi connectivity index (χ0) is 6.57. The second-order valence-corrected chi connectivity index (χ2v) is 1.05. The van der Waals surface area contributed by atoms with Crippen molar-refractivity contribution in [1.82, 2.24) is 5.32 Å². The summed E-state index contributed by atoms with van der Waals surface area (Å²) in [5, 5.41) is 9.86. The van der Waals surface area contributed by atoms with Gasteiger partial charge >= 0.3 is 5.97 Å². The van der Waals surface area contributed by atoms with Crippen LogP contribution in [0.4, 0.5) is 0 Å². The molecule has 0 aliphatic carbocycles. The van der Waals surface area contributed by atoms with Crippen LogP contribution < -0.4 is 5.32 Å². The van der Waals surface area contributed by atoms with E-state index in [9.17, 15) is 9.59 Å². The third kappa shape index (κ3) is 1.96. The molecule has 0 radical (unpaired) electrons. The van der Waals surface area contributed by atoms with Gasteiger partial charge in [0.15, 0.2) is 0 Å². The number of rotatable bonds is 3. The van der Waals surface area contributed by atoms with Crippen LogP contribution in [0.15, 0.2) is 12.3 Å². The Balaban J connectivity index is 3.65. The Labute approximate surface area is 45.8 Å². The number of carbonyl (C=O) groups is 2. The molecule has 0 heterocycles. The summed E-state index contributed by atoms with van der Waals surface area (Å²) in [6.07, 6.45) is 0.260. The van der Waals surface area contributed by atoms with Gasteiger partial charge in [0.05, 0.1) is 0 Å². The van der Waals surface area contributed by atoms with E-state index in [1.807, 2.05) is 5.32 Å².